The van der Waals surface area contributed by atoms with Gasteiger partial charge in [-0.3, -0.25) is 0 Å². The maximum absolute atomic E-state index is 14.2. The minimum absolute atomic E-state index is 0.321. The third-order valence-electron chi connectivity index (χ3n) is 4.25. The van der Waals surface area contributed by atoms with Crippen molar-refractivity contribution in [3.63, 3.8) is 0 Å². The van der Waals surface area contributed by atoms with Crippen LogP contribution in [0.1, 0.15) is 5.56 Å². The van der Waals surface area contributed by atoms with Gasteiger partial charge < -0.3 is 4.74 Å². The van der Waals surface area contributed by atoms with Crippen molar-refractivity contribution in [3.05, 3.63) is 48.0 Å². The largest absolute Gasteiger partial charge is 0.487 e. The van der Waals surface area contributed by atoms with Gasteiger partial charge in [0.05, 0.1) is 26.0 Å². The highest BCUT2D eigenvalue weighted by molar-refractivity contribution is 7.22. The maximum Gasteiger partial charge on any atom is 0.166 e. The van der Waals surface area contributed by atoms with E-state index in [1.165, 1.54) is 23.7 Å². The number of hydrogen-bond acceptors (Lipinski definition) is 6. The molecule has 0 atom stereocenters. The smallest absolute Gasteiger partial charge is 0.166 e. The number of benzene rings is 2. The zero-order chi connectivity index (χ0) is 17.7. The second kappa shape index (κ2) is 5.58. The first-order valence-electron chi connectivity index (χ1n) is 7.82. The number of aliphatic imine (C=N–C) groups is 1. The molecule has 1 aliphatic rings. The Morgan fingerprint density at radius 1 is 1.23 bits per heavy atom. The van der Waals surface area contributed by atoms with Gasteiger partial charge in [-0.1, -0.05) is 12.1 Å². The molecular formula is C19H9FN4OS. The Kier molecular flexibility index (Phi) is 3.20. The molecule has 1 aliphatic heterocycles. The number of rotatable bonds is 1. The fourth-order valence-corrected chi connectivity index (χ4v) is 4.27. The molecule has 0 radical (unpaired) electrons. The first kappa shape index (κ1) is 14.9. The van der Waals surface area contributed by atoms with Gasteiger partial charge in [0.15, 0.2) is 5.82 Å². The number of nitrogens with zero attached hydrogens (tertiary/aromatic N) is 4. The zero-order valence-electron chi connectivity index (χ0n) is 13.2. The minimum Gasteiger partial charge on any atom is -0.487 e. The first-order valence-corrected chi connectivity index (χ1v) is 8.63. The third kappa shape index (κ3) is 2.09. The van der Waals surface area contributed by atoms with Crippen LogP contribution in [-0.4, -0.2) is 22.8 Å². The molecule has 0 fully saturated rings. The molecule has 4 aromatic rings. The van der Waals surface area contributed by atoms with Gasteiger partial charge in [0.2, 0.25) is 0 Å². The van der Waals surface area contributed by atoms with Gasteiger partial charge in [0, 0.05) is 11.6 Å². The van der Waals surface area contributed by atoms with Crippen LogP contribution in [0.4, 0.5) is 10.2 Å². The van der Waals surface area contributed by atoms with Crippen molar-refractivity contribution in [3.8, 4) is 22.3 Å². The second-order valence-electron chi connectivity index (χ2n) is 5.72. The van der Waals surface area contributed by atoms with Gasteiger partial charge in [-0.25, -0.2) is 19.4 Å². The predicted molar refractivity (Wildman–Crippen MR) is 98.7 cm³/mol. The Labute approximate surface area is 151 Å². The van der Waals surface area contributed by atoms with Crippen molar-refractivity contribution in [1.29, 1.82) is 5.26 Å². The number of halogens is 1. The molecule has 0 aliphatic carbocycles. The molecule has 2 aromatic carbocycles. The van der Waals surface area contributed by atoms with E-state index in [1.807, 2.05) is 12.1 Å². The van der Waals surface area contributed by atoms with Crippen LogP contribution in [-0.2, 0) is 0 Å². The number of fused-ring (bicyclic) bond motifs is 1. The van der Waals surface area contributed by atoms with E-state index in [2.05, 4.69) is 21.0 Å². The van der Waals surface area contributed by atoms with Crippen LogP contribution in [0.5, 0.6) is 5.75 Å². The van der Waals surface area contributed by atoms with Gasteiger partial charge >= 0.3 is 0 Å². The molecule has 7 heteroatoms. The molecule has 0 N–H and O–H groups in total. The summed E-state index contributed by atoms with van der Waals surface area (Å²) in [6.07, 6.45) is 3.10. The van der Waals surface area contributed by atoms with Crippen molar-refractivity contribution in [2.24, 2.45) is 4.99 Å². The summed E-state index contributed by atoms with van der Waals surface area (Å²) in [7, 11) is 0. The summed E-state index contributed by atoms with van der Waals surface area (Å²) in [6.45, 7) is 0.321. The fourth-order valence-electron chi connectivity index (χ4n) is 3.13. The van der Waals surface area contributed by atoms with Crippen LogP contribution in [0.2, 0.25) is 0 Å². The molecule has 5 rings (SSSR count). The summed E-state index contributed by atoms with van der Waals surface area (Å²) in [5.41, 5.74) is 1.88. The number of nitriles is 1. The van der Waals surface area contributed by atoms with Crippen LogP contribution in [0, 0.1) is 17.1 Å². The molecule has 5 nitrogen and oxygen atoms in total. The van der Waals surface area contributed by atoms with E-state index in [4.69, 9.17) is 4.74 Å². The number of ether oxygens (including phenoxy) is 1. The quantitative estimate of drug-likeness (QED) is 0.497. The Balaban J connectivity index is 1.84. The Morgan fingerprint density at radius 2 is 2.15 bits per heavy atom. The van der Waals surface area contributed by atoms with Gasteiger partial charge in [0.1, 0.15) is 30.6 Å². The van der Waals surface area contributed by atoms with Gasteiger partial charge in [0.25, 0.3) is 0 Å². The lowest BCUT2D eigenvalue weighted by Crippen LogP contribution is -1.97. The fraction of sp³-hybridized carbons (Fsp3) is 0.0526. The Hall–Kier alpha value is -3.37. The van der Waals surface area contributed by atoms with E-state index in [0.717, 1.165) is 10.9 Å². The third-order valence-corrected chi connectivity index (χ3v) is 5.51. The van der Waals surface area contributed by atoms with Crippen LogP contribution in [0.15, 0.2) is 41.7 Å². The van der Waals surface area contributed by atoms with E-state index in [-0.39, 0.29) is 5.82 Å². The first-order chi connectivity index (χ1) is 12.8. The number of thiophene rings is 1. The van der Waals surface area contributed by atoms with Crippen LogP contribution in [0.3, 0.4) is 0 Å². The SMILES string of the molecule is N#Cc1c(-c2cc3c4c(ncnc4c2)N=CCO3)sc2c(F)cccc12. The van der Waals surface area contributed by atoms with E-state index in [0.29, 0.717) is 44.2 Å². The molecular weight excluding hydrogens is 351 g/mol. The molecule has 0 spiro atoms. The molecule has 0 amide bonds. The van der Waals surface area contributed by atoms with Crippen LogP contribution in [0.25, 0.3) is 31.4 Å². The molecule has 26 heavy (non-hydrogen) atoms. The molecule has 0 saturated heterocycles. The van der Waals surface area contributed by atoms with Gasteiger partial charge in [-0.15, -0.1) is 11.3 Å². The molecule has 3 heterocycles. The normalized spacial score (nSPS) is 12.8. The Morgan fingerprint density at radius 3 is 3.04 bits per heavy atom. The summed E-state index contributed by atoms with van der Waals surface area (Å²) in [4.78, 5) is 13.5. The summed E-state index contributed by atoms with van der Waals surface area (Å²) >= 11 is 1.26. The molecule has 0 unspecified atom stereocenters. The standard InChI is InChI=1S/C19H9FN4OS/c20-13-3-1-2-11-12(8-21)17(26-18(11)13)10-6-14-16-15(7-10)25-5-4-22-19(16)24-9-23-14/h1-4,6-7,9H,5H2. The zero-order valence-corrected chi connectivity index (χ0v) is 14.0. The number of hydrogen-bond donors (Lipinski definition) is 0. The minimum atomic E-state index is -0.330. The molecule has 0 bridgehead atoms. The summed E-state index contributed by atoms with van der Waals surface area (Å²) < 4.78 is 20.4. The van der Waals surface area contributed by atoms with Crippen LogP contribution < -0.4 is 4.74 Å². The lowest BCUT2D eigenvalue weighted by molar-refractivity contribution is 0.386. The summed E-state index contributed by atoms with van der Waals surface area (Å²) in [5, 5.41) is 11.0. The van der Waals surface area contributed by atoms with E-state index >= 15 is 0 Å². The average molecular weight is 360 g/mol. The highest BCUT2D eigenvalue weighted by Gasteiger charge is 2.20. The topological polar surface area (TPSA) is 71.2 Å². The molecule has 0 saturated carbocycles. The monoisotopic (exact) mass is 360 g/mol. The van der Waals surface area contributed by atoms with Crippen molar-refractivity contribution in [2.75, 3.05) is 6.61 Å². The van der Waals surface area contributed by atoms with E-state index in [9.17, 15) is 9.65 Å². The van der Waals surface area contributed by atoms with Crippen molar-refractivity contribution in [1.82, 2.24) is 9.97 Å². The van der Waals surface area contributed by atoms with Gasteiger partial charge in [-0.2, -0.15) is 5.26 Å². The highest BCUT2D eigenvalue weighted by atomic mass is 32.1. The summed E-state index contributed by atoms with van der Waals surface area (Å²) in [5.74, 6) is 0.827. The molecule has 2 aromatic heterocycles. The lowest BCUT2D eigenvalue weighted by Gasteiger charge is -2.09. The van der Waals surface area contributed by atoms with Crippen molar-refractivity contribution < 1.29 is 9.13 Å². The summed E-state index contributed by atoms with van der Waals surface area (Å²) in [6, 6.07) is 10.7. The predicted octanol–water partition coefficient (Wildman–Crippen LogP) is 4.62. The van der Waals surface area contributed by atoms with Crippen LogP contribution >= 0.6 is 11.3 Å². The lowest BCUT2D eigenvalue weighted by atomic mass is 10.0. The van der Waals surface area contributed by atoms with Gasteiger partial charge in [-0.05, 0) is 23.8 Å². The molecule has 124 valence electrons. The number of aromatic nitrogens is 2. The maximum atomic E-state index is 14.2. The van der Waals surface area contributed by atoms with E-state index in [1.54, 1.807) is 18.3 Å². The van der Waals surface area contributed by atoms with E-state index < -0.39 is 0 Å². The highest BCUT2D eigenvalue weighted by Crippen LogP contribution is 2.43. The Bertz CT molecular complexity index is 1270. The average Bonchev–Trinajstić information content (AvgIpc) is 2.92. The van der Waals surface area contributed by atoms with Crippen molar-refractivity contribution in [2.45, 2.75) is 0 Å². The second-order valence-corrected chi connectivity index (χ2v) is 6.74. The van der Waals surface area contributed by atoms with Crippen molar-refractivity contribution >= 4 is 44.4 Å².